The van der Waals surface area contributed by atoms with E-state index in [1.54, 1.807) is 0 Å². The molecule has 1 heterocycles. The third kappa shape index (κ3) is 5.16. The van der Waals surface area contributed by atoms with Gasteiger partial charge in [0.15, 0.2) is 0 Å². The predicted octanol–water partition coefficient (Wildman–Crippen LogP) is 3.66. The van der Waals surface area contributed by atoms with Crippen LogP contribution in [0.2, 0.25) is 0 Å². The van der Waals surface area contributed by atoms with Gasteiger partial charge in [-0.1, -0.05) is 36.4 Å². The number of fused-ring (bicyclic) bond motifs is 1. The normalized spacial score (nSPS) is 12.3. The third-order valence-electron chi connectivity index (χ3n) is 5.17. The van der Waals surface area contributed by atoms with Crippen molar-refractivity contribution in [2.24, 2.45) is 0 Å². The summed E-state index contributed by atoms with van der Waals surface area (Å²) in [5, 5.41) is 7.65. The molecule has 6 heteroatoms. The van der Waals surface area contributed by atoms with E-state index in [0.29, 0.717) is 6.54 Å². The van der Waals surface area contributed by atoms with Crippen LogP contribution in [-0.2, 0) is 6.54 Å². The molecule has 1 atom stereocenters. The molecule has 6 nitrogen and oxygen atoms in total. The van der Waals surface area contributed by atoms with Gasteiger partial charge in [-0.2, -0.15) is 0 Å². The number of rotatable bonds is 10. The number of aldehydes is 1. The quantitative estimate of drug-likeness (QED) is 0.406. The van der Waals surface area contributed by atoms with Gasteiger partial charge in [0.1, 0.15) is 17.9 Å². The van der Waals surface area contributed by atoms with Gasteiger partial charge in [0.2, 0.25) is 0 Å². The lowest BCUT2D eigenvalue weighted by molar-refractivity contribution is 0.112. The highest BCUT2D eigenvalue weighted by Gasteiger charge is 2.17. The van der Waals surface area contributed by atoms with Gasteiger partial charge in [0.05, 0.1) is 12.1 Å². The van der Waals surface area contributed by atoms with Crippen LogP contribution in [0, 0.1) is 0 Å². The summed E-state index contributed by atoms with van der Waals surface area (Å²) in [7, 11) is 3.99. The number of hydrogen-bond donors (Lipinski definition) is 2. The van der Waals surface area contributed by atoms with E-state index in [-0.39, 0.29) is 6.04 Å². The highest BCUT2D eigenvalue weighted by atomic mass is 16.1. The maximum atomic E-state index is 11.4. The van der Waals surface area contributed by atoms with Gasteiger partial charge in [0.25, 0.3) is 0 Å². The Bertz CT molecular complexity index is 959. The summed E-state index contributed by atoms with van der Waals surface area (Å²) in [5.74, 6) is 1.63. The van der Waals surface area contributed by atoms with Crippen LogP contribution >= 0.6 is 0 Å². The maximum Gasteiger partial charge on any atom is 0.150 e. The molecule has 0 saturated heterocycles. The number of nitrogens with one attached hydrogen (secondary N) is 2. The molecule has 1 unspecified atom stereocenters. The van der Waals surface area contributed by atoms with E-state index in [4.69, 9.17) is 9.97 Å². The minimum absolute atomic E-state index is 0.0681. The molecule has 0 amide bonds. The van der Waals surface area contributed by atoms with Gasteiger partial charge in [-0.05, 0) is 51.7 Å². The highest BCUT2D eigenvalue weighted by Crippen LogP contribution is 2.25. The highest BCUT2D eigenvalue weighted by molar-refractivity contribution is 5.89. The average Bonchev–Trinajstić information content (AvgIpc) is 2.76. The molecule has 0 fully saturated rings. The predicted molar refractivity (Wildman–Crippen MR) is 118 cm³/mol. The molecule has 3 rings (SSSR count). The Morgan fingerprint density at radius 2 is 1.83 bits per heavy atom. The Morgan fingerprint density at radius 3 is 2.62 bits per heavy atom. The van der Waals surface area contributed by atoms with Crippen LogP contribution in [0.3, 0.4) is 0 Å². The molecule has 2 N–H and O–H groups in total. The zero-order chi connectivity index (χ0) is 20.6. The van der Waals surface area contributed by atoms with E-state index in [1.807, 2.05) is 62.6 Å². The average molecular weight is 392 g/mol. The molecule has 0 aliphatic heterocycles. The van der Waals surface area contributed by atoms with E-state index >= 15 is 0 Å². The first kappa shape index (κ1) is 20.9. The Balaban J connectivity index is 1.82. The Hall–Kier alpha value is -2.83. The van der Waals surface area contributed by atoms with Crippen molar-refractivity contribution in [3.05, 3.63) is 65.5 Å². The summed E-state index contributed by atoms with van der Waals surface area (Å²) in [6.07, 6.45) is 1.93. The summed E-state index contributed by atoms with van der Waals surface area (Å²) >= 11 is 0. The number of benzene rings is 2. The Kier molecular flexibility index (Phi) is 7.27. The summed E-state index contributed by atoms with van der Waals surface area (Å²) in [4.78, 5) is 23.1. The number of carbonyl (C=O) groups is 1. The number of para-hydroxylation sites is 1. The molecule has 0 spiro atoms. The molecule has 2 aromatic carbocycles. The van der Waals surface area contributed by atoms with Gasteiger partial charge in [-0.25, -0.2) is 9.97 Å². The number of hydrogen-bond acceptors (Lipinski definition) is 6. The molecule has 1 aromatic heterocycles. The fraction of sp³-hybridized carbons (Fsp3) is 0.348. The van der Waals surface area contributed by atoms with Gasteiger partial charge >= 0.3 is 0 Å². The first-order chi connectivity index (χ1) is 14.1. The fourth-order valence-electron chi connectivity index (χ4n) is 3.40. The molecule has 0 bridgehead atoms. The van der Waals surface area contributed by atoms with Crippen LogP contribution in [0.15, 0.2) is 48.5 Å². The van der Waals surface area contributed by atoms with Crippen LogP contribution in [0.25, 0.3) is 10.9 Å². The first-order valence-corrected chi connectivity index (χ1v) is 10.0. The van der Waals surface area contributed by atoms with Crippen LogP contribution in [0.4, 0.5) is 5.82 Å². The summed E-state index contributed by atoms with van der Waals surface area (Å²) in [5.41, 5.74) is 2.66. The third-order valence-corrected chi connectivity index (χ3v) is 5.17. The van der Waals surface area contributed by atoms with E-state index in [9.17, 15) is 4.79 Å². The van der Waals surface area contributed by atoms with Crippen molar-refractivity contribution >= 4 is 23.0 Å². The standard InChI is InChI=1S/C23H29N5O/c1-17(19-10-5-4-9-18(19)16-29)28(3)15-22-26-21-12-7-6-11-20(21)23(27-22)25-14-8-13-24-2/h4-7,9-12,16-17,24H,8,13-15H2,1-3H3,(H,25,26,27). The second-order valence-electron chi connectivity index (χ2n) is 7.23. The van der Waals surface area contributed by atoms with Gasteiger partial charge < -0.3 is 10.6 Å². The van der Waals surface area contributed by atoms with Crippen molar-refractivity contribution < 1.29 is 4.79 Å². The molecule has 0 saturated carbocycles. The lowest BCUT2D eigenvalue weighted by Gasteiger charge is -2.25. The number of anilines is 1. The fourth-order valence-corrected chi connectivity index (χ4v) is 3.40. The number of carbonyl (C=O) groups excluding carboxylic acids is 1. The van der Waals surface area contributed by atoms with Crippen molar-refractivity contribution in [1.29, 1.82) is 0 Å². The van der Waals surface area contributed by atoms with E-state index in [1.165, 1.54) is 0 Å². The van der Waals surface area contributed by atoms with Gasteiger partial charge in [-0.3, -0.25) is 9.69 Å². The van der Waals surface area contributed by atoms with Crippen molar-refractivity contribution in [3.8, 4) is 0 Å². The molecule has 0 radical (unpaired) electrons. The lowest BCUT2D eigenvalue weighted by atomic mass is 10.0. The maximum absolute atomic E-state index is 11.4. The Labute approximate surface area is 172 Å². The molecule has 3 aromatic rings. The largest absolute Gasteiger partial charge is 0.369 e. The van der Waals surface area contributed by atoms with E-state index in [2.05, 4.69) is 22.5 Å². The van der Waals surface area contributed by atoms with Gasteiger partial charge in [-0.15, -0.1) is 0 Å². The SMILES string of the molecule is CNCCCNc1nc(CN(C)C(C)c2ccccc2C=O)nc2ccccc12. The van der Waals surface area contributed by atoms with Crippen molar-refractivity contribution in [3.63, 3.8) is 0 Å². The topological polar surface area (TPSA) is 70.2 Å². The minimum atomic E-state index is 0.0681. The van der Waals surface area contributed by atoms with Crippen LogP contribution in [0.1, 0.15) is 41.1 Å². The molecular weight excluding hydrogens is 362 g/mol. The van der Waals surface area contributed by atoms with Gasteiger partial charge in [0, 0.05) is 23.5 Å². The minimum Gasteiger partial charge on any atom is -0.369 e. The van der Waals surface area contributed by atoms with Crippen LogP contribution < -0.4 is 10.6 Å². The van der Waals surface area contributed by atoms with Crippen LogP contribution in [-0.4, -0.2) is 48.3 Å². The summed E-state index contributed by atoms with van der Waals surface area (Å²) in [6, 6.07) is 15.8. The second kappa shape index (κ2) is 10.1. The molecule has 0 aliphatic rings. The summed E-state index contributed by atoms with van der Waals surface area (Å²) in [6.45, 7) is 4.49. The molecule has 152 valence electrons. The van der Waals surface area contributed by atoms with Crippen molar-refractivity contribution in [2.45, 2.75) is 25.9 Å². The summed E-state index contributed by atoms with van der Waals surface area (Å²) < 4.78 is 0. The zero-order valence-electron chi connectivity index (χ0n) is 17.4. The molecule has 0 aliphatic carbocycles. The smallest absolute Gasteiger partial charge is 0.150 e. The lowest BCUT2D eigenvalue weighted by Crippen LogP contribution is -2.24. The van der Waals surface area contributed by atoms with Crippen LogP contribution in [0.5, 0.6) is 0 Å². The zero-order valence-corrected chi connectivity index (χ0v) is 17.4. The van der Waals surface area contributed by atoms with E-state index in [0.717, 1.165) is 59.5 Å². The van der Waals surface area contributed by atoms with Crippen molar-refractivity contribution in [1.82, 2.24) is 20.2 Å². The number of aromatic nitrogens is 2. The molecular formula is C23H29N5O. The van der Waals surface area contributed by atoms with E-state index < -0.39 is 0 Å². The second-order valence-corrected chi connectivity index (χ2v) is 7.23. The van der Waals surface area contributed by atoms with Crippen molar-refractivity contribution in [2.75, 3.05) is 32.5 Å². The first-order valence-electron chi connectivity index (χ1n) is 10.0. The Morgan fingerprint density at radius 1 is 1.07 bits per heavy atom. The molecule has 29 heavy (non-hydrogen) atoms. The monoisotopic (exact) mass is 391 g/mol. The number of nitrogens with zero attached hydrogens (tertiary/aromatic N) is 3.